The fraction of sp³-hybridized carbons (Fsp3) is 0.943. The summed E-state index contributed by atoms with van der Waals surface area (Å²) >= 11 is 0. The van der Waals surface area contributed by atoms with Crippen molar-refractivity contribution in [2.75, 3.05) is 33.0 Å². The predicted octanol–water partition coefficient (Wildman–Crippen LogP) is 17.0. The van der Waals surface area contributed by atoms with Crippen LogP contribution in [-0.2, 0) is 27.9 Å². The van der Waals surface area contributed by atoms with E-state index in [1.165, 1.54) is 231 Å². The van der Waals surface area contributed by atoms with Crippen LogP contribution in [-0.4, -0.2) is 49.9 Å². The second-order valence-corrected chi connectivity index (χ2v) is 19.9. The number of unbranched alkanes of at least 4 members (excludes halogenated alkanes) is 38. The molecule has 370 valence electrons. The Bertz CT molecular complexity index is 966. The predicted molar refractivity (Wildman–Crippen MR) is 266 cm³/mol. The van der Waals surface area contributed by atoms with Crippen LogP contribution in [0, 0.1) is 0 Å². The molecule has 0 saturated heterocycles. The maximum absolute atomic E-state index is 12.7. The zero-order valence-corrected chi connectivity index (χ0v) is 42.3. The van der Waals surface area contributed by atoms with Gasteiger partial charge >= 0.3 is 13.8 Å². The second-order valence-electron chi connectivity index (χ2n) is 18.5. The van der Waals surface area contributed by atoms with Gasteiger partial charge in [0, 0.05) is 19.6 Å². The smallest absolute Gasteiger partial charge is 0.457 e. The van der Waals surface area contributed by atoms with Crippen molar-refractivity contribution in [3.05, 3.63) is 12.2 Å². The summed E-state index contributed by atoms with van der Waals surface area (Å²) in [5.74, 6) is -0.323. The molecule has 2 unspecified atom stereocenters. The molecule has 0 aromatic rings. The van der Waals surface area contributed by atoms with E-state index in [2.05, 4.69) is 26.0 Å². The van der Waals surface area contributed by atoms with Crippen molar-refractivity contribution in [2.45, 2.75) is 290 Å². The van der Waals surface area contributed by atoms with Crippen LogP contribution in [0.4, 0.5) is 0 Å². The van der Waals surface area contributed by atoms with Gasteiger partial charge in [-0.3, -0.25) is 13.8 Å². The highest BCUT2D eigenvalue weighted by Crippen LogP contribution is 2.43. The molecular formula is C53H106NO7P. The molecule has 0 amide bonds. The Labute approximate surface area is 385 Å². The average molecular weight is 900 g/mol. The van der Waals surface area contributed by atoms with Crippen LogP contribution >= 0.6 is 7.82 Å². The van der Waals surface area contributed by atoms with E-state index in [4.69, 9.17) is 24.3 Å². The van der Waals surface area contributed by atoms with E-state index < -0.39 is 13.9 Å². The van der Waals surface area contributed by atoms with Crippen molar-refractivity contribution in [1.29, 1.82) is 0 Å². The summed E-state index contributed by atoms with van der Waals surface area (Å²) in [6, 6.07) is 0. The molecule has 0 heterocycles. The Hall–Kier alpha value is -0.760. The molecule has 0 aliphatic carbocycles. The largest absolute Gasteiger partial charge is 0.472 e. The van der Waals surface area contributed by atoms with E-state index in [0.717, 1.165) is 32.1 Å². The molecular weight excluding hydrogens is 794 g/mol. The Kier molecular flexibility index (Phi) is 50.6. The van der Waals surface area contributed by atoms with Gasteiger partial charge in [0.1, 0.15) is 6.10 Å². The molecule has 0 saturated carbocycles. The van der Waals surface area contributed by atoms with Crippen molar-refractivity contribution >= 4 is 13.8 Å². The molecule has 0 fully saturated rings. The molecule has 9 heteroatoms. The first-order valence-electron chi connectivity index (χ1n) is 27.2. The first-order chi connectivity index (χ1) is 30.4. The van der Waals surface area contributed by atoms with Crippen molar-refractivity contribution in [2.24, 2.45) is 5.73 Å². The van der Waals surface area contributed by atoms with Gasteiger partial charge in [-0.05, 0) is 38.5 Å². The van der Waals surface area contributed by atoms with Crippen LogP contribution < -0.4 is 5.73 Å². The van der Waals surface area contributed by atoms with Crippen molar-refractivity contribution < 1.29 is 32.8 Å². The molecule has 0 bridgehead atoms. The Morgan fingerprint density at radius 3 is 1.18 bits per heavy atom. The Morgan fingerprint density at radius 1 is 0.468 bits per heavy atom. The van der Waals surface area contributed by atoms with Crippen LogP contribution in [0.3, 0.4) is 0 Å². The van der Waals surface area contributed by atoms with E-state index in [0.29, 0.717) is 13.0 Å². The lowest BCUT2D eigenvalue weighted by atomic mass is 10.0. The van der Waals surface area contributed by atoms with E-state index in [1.807, 2.05) is 0 Å². The van der Waals surface area contributed by atoms with Crippen LogP contribution in [0.15, 0.2) is 12.2 Å². The van der Waals surface area contributed by atoms with Gasteiger partial charge in [0.2, 0.25) is 0 Å². The number of allylic oxidation sites excluding steroid dienone is 2. The summed E-state index contributed by atoms with van der Waals surface area (Å²) in [5.41, 5.74) is 5.40. The number of carbonyl (C=O) groups is 1. The Balaban J connectivity index is 3.87. The Morgan fingerprint density at radius 2 is 0.806 bits per heavy atom. The van der Waals surface area contributed by atoms with Gasteiger partial charge in [-0.1, -0.05) is 251 Å². The molecule has 0 spiro atoms. The highest BCUT2D eigenvalue weighted by molar-refractivity contribution is 7.47. The molecule has 0 aliphatic rings. The SMILES string of the molecule is CCCCCCCCCC/C=C\CCCCCCCCCCCCCC(=O)OC(COCCCCCCCCCCCCCCCCCCCCCC)COP(=O)(O)OCCN. The molecule has 2 atom stereocenters. The number of esters is 1. The monoisotopic (exact) mass is 900 g/mol. The molecule has 0 rings (SSSR count). The maximum Gasteiger partial charge on any atom is 0.472 e. The lowest BCUT2D eigenvalue weighted by molar-refractivity contribution is -0.154. The summed E-state index contributed by atoms with van der Waals surface area (Å²) in [4.78, 5) is 22.6. The van der Waals surface area contributed by atoms with Gasteiger partial charge in [-0.25, -0.2) is 4.57 Å². The number of nitrogens with two attached hydrogens (primary N) is 1. The maximum atomic E-state index is 12.7. The fourth-order valence-electron chi connectivity index (χ4n) is 8.17. The number of hydrogen-bond donors (Lipinski definition) is 2. The van der Waals surface area contributed by atoms with Gasteiger partial charge in [-0.2, -0.15) is 0 Å². The van der Waals surface area contributed by atoms with Crippen molar-refractivity contribution in [3.8, 4) is 0 Å². The van der Waals surface area contributed by atoms with Gasteiger partial charge in [0.25, 0.3) is 0 Å². The van der Waals surface area contributed by atoms with Crippen LogP contribution in [0.2, 0.25) is 0 Å². The first-order valence-corrected chi connectivity index (χ1v) is 28.7. The third-order valence-corrected chi connectivity index (χ3v) is 13.2. The quantitative estimate of drug-likeness (QED) is 0.0268. The number of rotatable bonds is 53. The molecule has 8 nitrogen and oxygen atoms in total. The number of phosphoric ester groups is 1. The van der Waals surface area contributed by atoms with E-state index >= 15 is 0 Å². The molecule has 0 aromatic heterocycles. The van der Waals surface area contributed by atoms with E-state index in [9.17, 15) is 14.3 Å². The number of carbonyl (C=O) groups excluding carboxylic acids is 1. The second kappa shape index (κ2) is 51.2. The summed E-state index contributed by atoms with van der Waals surface area (Å²) in [6.07, 6.45) is 58.2. The summed E-state index contributed by atoms with van der Waals surface area (Å²) in [6.45, 7) is 5.00. The lowest BCUT2D eigenvalue weighted by Gasteiger charge is -2.20. The number of hydrogen-bond acceptors (Lipinski definition) is 7. The number of phosphoric acid groups is 1. The molecule has 0 aromatic carbocycles. The topological polar surface area (TPSA) is 117 Å². The lowest BCUT2D eigenvalue weighted by Crippen LogP contribution is -2.28. The summed E-state index contributed by atoms with van der Waals surface area (Å²) in [5, 5.41) is 0. The van der Waals surface area contributed by atoms with Crippen LogP contribution in [0.5, 0.6) is 0 Å². The van der Waals surface area contributed by atoms with Crippen molar-refractivity contribution in [3.63, 3.8) is 0 Å². The summed E-state index contributed by atoms with van der Waals surface area (Å²) in [7, 11) is -4.28. The highest BCUT2D eigenvalue weighted by atomic mass is 31.2. The normalized spacial score (nSPS) is 13.3. The van der Waals surface area contributed by atoms with E-state index in [1.54, 1.807) is 0 Å². The minimum atomic E-state index is -4.28. The zero-order valence-electron chi connectivity index (χ0n) is 41.4. The first kappa shape index (κ1) is 61.2. The highest BCUT2D eigenvalue weighted by Gasteiger charge is 2.25. The van der Waals surface area contributed by atoms with Gasteiger partial charge < -0.3 is 20.1 Å². The summed E-state index contributed by atoms with van der Waals surface area (Å²) < 4.78 is 33.6. The zero-order chi connectivity index (χ0) is 45.1. The minimum absolute atomic E-state index is 0.0916. The third-order valence-electron chi connectivity index (χ3n) is 12.2. The standard InChI is InChI=1S/C53H106NO7P/c1-3-5-7-9-11-13-15-17-19-21-23-25-26-27-28-30-32-34-36-38-40-42-44-46-53(55)61-52(51-60-62(56,57)59-49-47-54)50-58-48-45-43-41-39-37-35-33-31-29-24-22-20-18-16-14-12-10-8-6-4-2/h21,23,52H,3-20,22,24-51,54H2,1-2H3,(H,56,57)/b23-21-. The number of ether oxygens (including phenoxy) is 2. The van der Waals surface area contributed by atoms with Crippen LogP contribution in [0.25, 0.3) is 0 Å². The third kappa shape index (κ3) is 50.2. The van der Waals surface area contributed by atoms with Gasteiger partial charge in [-0.15, -0.1) is 0 Å². The molecule has 3 N–H and O–H groups in total. The van der Waals surface area contributed by atoms with Crippen molar-refractivity contribution in [1.82, 2.24) is 0 Å². The average Bonchev–Trinajstić information content (AvgIpc) is 3.26. The fourth-order valence-corrected chi connectivity index (χ4v) is 8.94. The minimum Gasteiger partial charge on any atom is -0.457 e. The van der Waals surface area contributed by atoms with Gasteiger partial charge in [0.15, 0.2) is 0 Å². The van der Waals surface area contributed by atoms with Gasteiger partial charge in [0.05, 0.1) is 19.8 Å². The molecule has 0 radical (unpaired) electrons. The van der Waals surface area contributed by atoms with Crippen LogP contribution in [0.1, 0.15) is 284 Å². The molecule has 62 heavy (non-hydrogen) atoms. The van der Waals surface area contributed by atoms with E-state index in [-0.39, 0.29) is 32.3 Å². The molecule has 0 aliphatic heterocycles.